The van der Waals surface area contributed by atoms with Crippen molar-refractivity contribution in [3.63, 3.8) is 0 Å². The predicted octanol–water partition coefficient (Wildman–Crippen LogP) is 2.35. The first kappa shape index (κ1) is 13.6. The summed E-state index contributed by atoms with van der Waals surface area (Å²) in [6.45, 7) is 5.88. The second-order valence-corrected chi connectivity index (χ2v) is 3.93. The Labute approximate surface area is 101 Å². The van der Waals surface area contributed by atoms with E-state index < -0.39 is 0 Å². The molecule has 1 unspecified atom stereocenters. The molecule has 1 rings (SSSR count). The van der Waals surface area contributed by atoms with Crippen LogP contribution in [0, 0.1) is 12.7 Å². The summed E-state index contributed by atoms with van der Waals surface area (Å²) in [6, 6.07) is 4.74. The summed E-state index contributed by atoms with van der Waals surface area (Å²) < 4.78 is 18.3. The number of amides is 1. The van der Waals surface area contributed by atoms with Gasteiger partial charge in [-0.1, -0.05) is 12.1 Å². The van der Waals surface area contributed by atoms with Crippen molar-refractivity contribution in [3.8, 4) is 0 Å². The van der Waals surface area contributed by atoms with Crippen LogP contribution in [-0.4, -0.2) is 19.1 Å². The molecule has 1 atom stereocenters. The summed E-state index contributed by atoms with van der Waals surface area (Å²) in [7, 11) is 0. The highest BCUT2D eigenvalue weighted by molar-refractivity contribution is 5.77. The normalized spacial score (nSPS) is 12.2. The van der Waals surface area contributed by atoms with Gasteiger partial charge in [0.25, 0.3) is 0 Å². The van der Waals surface area contributed by atoms with E-state index in [1.54, 1.807) is 13.0 Å². The number of hydrogen-bond donors (Lipinski definition) is 1. The van der Waals surface area contributed by atoms with E-state index in [9.17, 15) is 9.18 Å². The van der Waals surface area contributed by atoms with Crippen LogP contribution < -0.4 is 5.32 Å². The van der Waals surface area contributed by atoms with E-state index in [1.165, 1.54) is 6.07 Å². The first-order valence-electron chi connectivity index (χ1n) is 5.67. The number of halogens is 1. The lowest BCUT2D eigenvalue weighted by Gasteiger charge is -2.14. The minimum absolute atomic E-state index is 0.0369. The topological polar surface area (TPSA) is 38.3 Å². The van der Waals surface area contributed by atoms with Gasteiger partial charge < -0.3 is 10.1 Å². The van der Waals surface area contributed by atoms with Crippen LogP contribution in [0.4, 0.5) is 4.39 Å². The first-order valence-corrected chi connectivity index (χ1v) is 5.67. The predicted molar refractivity (Wildman–Crippen MR) is 64.2 cm³/mol. The van der Waals surface area contributed by atoms with E-state index in [4.69, 9.17) is 4.74 Å². The molecule has 1 aromatic carbocycles. The summed E-state index contributed by atoms with van der Waals surface area (Å²) in [4.78, 5) is 11.4. The van der Waals surface area contributed by atoms with Crippen LogP contribution in [0.2, 0.25) is 0 Å². The van der Waals surface area contributed by atoms with Gasteiger partial charge in [0, 0.05) is 6.61 Å². The SMILES string of the molecule is CCOCC(=O)NC(C)c1ccc(C)c(F)c1. The molecule has 1 aromatic rings. The fourth-order valence-electron chi connectivity index (χ4n) is 1.44. The highest BCUT2D eigenvalue weighted by atomic mass is 19.1. The standard InChI is InChI=1S/C13H18FNO2/c1-4-17-8-13(16)15-10(3)11-6-5-9(2)12(14)7-11/h5-7,10H,4,8H2,1-3H3,(H,15,16). The van der Waals surface area contributed by atoms with Crippen LogP contribution in [0.25, 0.3) is 0 Å². The number of carbonyl (C=O) groups is 1. The van der Waals surface area contributed by atoms with Crippen molar-refractivity contribution in [1.29, 1.82) is 0 Å². The molecule has 17 heavy (non-hydrogen) atoms. The summed E-state index contributed by atoms with van der Waals surface area (Å²) in [5.74, 6) is -0.450. The van der Waals surface area contributed by atoms with Crippen LogP contribution in [0.15, 0.2) is 18.2 Å². The minimum Gasteiger partial charge on any atom is -0.372 e. The highest BCUT2D eigenvalue weighted by Gasteiger charge is 2.10. The molecule has 3 nitrogen and oxygen atoms in total. The van der Waals surface area contributed by atoms with Gasteiger partial charge >= 0.3 is 0 Å². The molecule has 0 spiro atoms. The van der Waals surface area contributed by atoms with E-state index in [2.05, 4.69) is 5.32 Å². The van der Waals surface area contributed by atoms with Gasteiger partial charge in [-0.25, -0.2) is 4.39 Å². The average Bonchev–Trinajstić information content (AvgIpc) is 2.30. The molecule has 0 heterocycles. The van der Waals surface area contributed by atoms with Crippen molar-refractivity contribution in [1.82, 2.24) is 5.32 Å². The largest absolute Gasteiger partial charge is 0.372 e. The lowest BCUT2D eigenvalue weighted by atomic mass is 10.1. The highest BCUT2D eigenvalue weighted by Crippen LogP contribution is 2.16. The molecule has 0 aliphatic heterocycles. The van der Waals surface area contributed by atoms with Crippen LogP contribution in [-0.2, 0) is 9.53 Å². The van der Waals surface area contributed by atoms with Crippen molar-refractivity contribution in [2.75, 3.05) is 13.2 Å². The lowest BCUT2D eigenvalue weighted by molar-refractivity contribution is -0.126. The number of rotatable bonds is 5. The minimum atomic E-state index is -0.256. The summed E-state index contributed by atoms with van der Waals surface area (Å²) >= 11 is 0. The molecule has 1 amide bonds. The fraction of sp³-hybridized carbons (Fsp3) is 0.462. The molecule has 0 aliphatic carbocycles. The molecule has 4 heteroatoms. The third-order valence-electron chi connectivity index (χ3n) is 2.51. The Morgan fingerprint density at radius 1 is 1.53 bits per heavy atom. The van der Waals surface area contributed by atoms with Crippen molar-refractivity contribution in [2.45, 2.75) is 26.8 Å². The molecule has 0 aliphatic rings. The van der Waals surface area contributed by atoms with E-state index in [0.717, 1.165) is 5.56 Å². The fourth-order valence-corrected chi connectivity index (χ4v) is 1.44. The maximum Gasteiger partial charge on any atom is 0.246 e. The quantitative estimate of drug-likeness (QED) is 0.856. The Hall–Kier alpha value is -1.42. The Bertz CT molecular complexity index is 393. The first-order chi connectivity index (χ1) is 8.04. The van der Waals surface area contributed by atoms with Gasteiger partial charge in [-0.05, 0) is 38.0 Å². The molecule has 0 saturated carbocycles. The van der Waals surface area contributed by atoms with E-state index >= 15 is 0 Å². The number of nitrogens with one attached hydrogen (secondary N) is 1. The number of aryl methyl sites for hydroxylation is 1. The maximum atomic E-state index is 13.3. The molecule has 0 aromatic heterocycles. The van der Waals surface area contributed by atoms with Crippen molar-refractivity contribution in [3.05, 3.63) is 35.1 Å². The van der Waals surface area contributed by atoms with Crippen LogP contribution in [0.1, 0.15) is 31.0 Å². The maximum absolute atomic E-state index is 13.3. The zero-order valence-corrected chi connectivity index (χ0v) is 10.4. The molecule has 0 fully saturated rings. The van der Waals surface area contributed by atoms with Crippen molar-refractivity contribution in [2.24, 2.45) is 0 Å². The van der Waals surface area contributed by atoms with Crippen LogP contribution >= 0.6 is 0 Å². The summed E-state index contributed by atoms with van der Waals surface area (Å²) in [6.07, 6.45) is 0. The number of benzene rings is 1. The van der Waals surface area contributed by atoms with Gasteiger partial charge in [-0.2, -0.15) is 0 Å². The molecule has 1 N–H and O–H groups in total. The summed E-state index contributed by atoms with van der Waals surface area (Å²) in [5.41, 5.74) is 1.35. The van der Waals surface area contributed by atoms with Gasteiger partial charge in [-0.3, -0.25) is 4.79 Å². The average molecular weight is 239 g/mol. The Kier molecular flexibility index (Phi) is 5.10. The Morgan fingerprint density at radius 2 is 2.24 bits per heavy atom. The molecular weight excluding hydrogens is 221 g/mol. The molecule has 0 radical (unpaired) electrons. The number of ether oxygens (including phenoxy) is 1. The number of hydrogen-bond acceptors (Lipinski definition) is 2. The Balaban J connectivity index is 2.60. The van der Waals surface area contributed by atoms with E-state index in [0.29, 0.717) is 12.2 Å². The molecule has 94 valence electrons. The van der Waals surface area contributed by atoms with Gasteiger partial charge in [0.05, 0.1) is 6.04 Å². The van der Waals surface area contributed by atoms with Gasteiger partial charge in [0.15, 0.2) is 0 Å². The Morgan fingerprint density at radius 3 is 2.82 bits per heavy atom. The second kappa shape index (κ2) is 6.35. The van der Waals surface area contributed by atoms with E-state index in [-0.39, 0.29) is 24.4 Å². The zero-order valence-electron chi connectivity index (χ0n) is 10.4. The lowest BCUT2D eigenvalue weighted by Crippen LogP contribution is -2.30. The number of carbonyl (C=O) groups excluding carboxylic acids is 1. The molecule has 0 saturated heterocycles. The van der Waals surface area contributed by atoms with Gasteiger partial charge in [-0.15, -0.1) is 0 Å². The second-order valence-electron chi connectivity index (χ2n) is 3.93. The monoisotopic (exact) mass is 239 g/mol. The smallest absolute Gasteiger partial charge is 0.246 e. The third kappa shape index (κ3) is 4.15. The van der Waals surface area contributed by atoms with Crippen LogP contribution in [0.3, 0.4) is 0 Å². The van der Waals surface area contributed by atoms with Gasteiger partial charge in [0.1, 0.15) is 12.4 Å². The third-order valence-corrected chi connectivity index (χ3v) is 2.51. The molecular formula is C13H18FNO2. The van der Waals surface area contributed by atoms with Crippen molar-refractivity contribution < 1.29 is 13.9 Å². The van der Waals surface area contributed by atoms with Gasteiger partial charge in [0.2, 0.25) is 5.91 Å². The van der Waals surface area contributed by atoms with E-state index in [1.807, 2.05) is 19.9 Å². The molecule has 0 bridgehead atoms. The zero-order chi connectivity index (χ0) is 12.8. The summed E-state index contributed by atoms with van der Waals surface area (Å²) in [5, 5.41) is 2.75. The van der Waals surface area contributed by atoms with Crippen molar-refractivity contribution >= 4 is 5.91 Å². The van der Waals surface area contributed by atoms with Crippen LogP contribution in [0.5, 0.6) is 0 Å².